The van der Waals surface area contributed by atoms with Crippen LogP contribution in [-0.4, -0.2) is 76.6 Å². The third-order valence-corrected chi connectivity index (χ3v) is 8.00. The van der Waals surface area contributed by atoms with Gasteiger partial charge in [0.25, 0.3) is 0 Å². The predicted molar refractivity (Wildman–Crippen MR) is 131 cm³/mol. The lowest BCUT2D eigenvalue weighted by Crippen LogP contribution is -2.68. The van der Waals surface area contributed by atoms with Crippen LogP contribution in [0.4, 0.5) is 5.69 Å². The summed E-state index contributed by atoms with van der Waals surface area (Å²) in [5.74, 6) is -11.4. The van der Waals surface area contributed by atoms with Gasteiger partial charge in [0.05, 0.1) is 11.5 Å². The molecule has 12 nitrogen and oxygen atoms in total. The smallest absolute Gasteiger partial charge is 0.303 e. The van der Waals surface area contributed by atoms with Gasteiger partial charge in [0.2, 0.25) is 5.91 Å². The number of aliphatic hydroxyl groups is 1. The van der Waals surface area contributed by atoms with Crippen LogP contribution in [0.5, 0.6) is 5.75 Å². The number of amides is 1. The Kier molecular flexibility index (Phi) is 7.15. The molecule has 0 bridgehead atoms. The van der Waals surface area contributed by atoms with Crippen LogP contribution in [0.1, 0.15) is 47.2 Å². The van der Waals surface area contributed by atoms with Crippen LogP contribution in [0.3, 0.4) is 0 Å². The van der Waals surface area contributed by atoms with E-state index in [-0.39, 0.29) is 43.5 Å². The zero-order chi connectivity index (χ0) is 28.1. The molecular weight excluding hydrogens is 498 g/mol. The van der Waals surface area contributed by atoms with E-state index < -0.39 is 64.3 Å². The van der Waals surface area contributed by atoms with Crippen LogP contribution >= 0.6 is 0 Å². The molecule has 0 aliphatic heterocycles. The Labute approximate surface area is 218 Å². The van der Waals surface area contributed by atoms with Crippen molar-refractivity contribution in [2.24, 2.45) is 29.4 Å². The lowest BCUT2D eigenvalue weighted by Gasteiger charge is -2.48. The van der Waals surface area contributed by atoms with Crippen molar-refractivity contribution in [1.82, 2.24) is 5.32 Å². The number of nitrogens with zero attached hydrogens (tertiary/aromatic N) is 1. The number of primary amides is 1. The molecule has 2 unspecified atom stereocenters. The van der Waals surface area contributed by atoms with Gasteiger partial charge >= 0.3 is 5.97 Å². The SMILES string of the molecule is CN(C)c1cc(CNCCCC(=O)O)c(O)c2c1C[C@H]1C[C@H]3CC(=O)C(C(N)=O)C(=O)[C@@]3(O)C(=O)C1C2=O. The Morgan fingerprint density at radius 2 is 1.84 bits per heavy atom. The molecule has 0 saturated heterocycles. The molecule has 0 heterocycles. The molecule has 6 N–H and O–H groups in total. The Bertz CT molecular complexity index is 1260. The second-order valence-electron chi connectivity index (χ2n) is 10.6. The number of phenols is 1. The zero-order valence-electron chi connectivity index (χ0n) is 21.2. The molecule has 5 atom stereocenters. The van der Waals surface area contributed by atoms with Crippen molar-refractivity contribution < 1.29 is 44.1 Å². The maximum absolute atomic E-state index is 13.8. The van der Waals surface area contributed by atoms with Crippen LogP contribution in [0, 0.1) is 23.7 Å². The Morgan fingerprint density at radius 3 is 2.45 bits per heavy atom. The molecule has 1 amide bonds. The number of carbonyl (C=O) groups is 6. The van der Waals surface area contributed by atoms with Gasteiger partial charge in [-0.3, -0.25) is 28.8 Å². The van der Waals surface area contributed by atoms with Crippen molar-refractivity contribution in [1.29, 1.82) is 0 Å². The monoisotopic (exact) mass is 529 g/mol. The topological polar surface area (TPSA) is 204 Å². The highest BCUT2D eigenvalue weighted by molar-refractivity contribution is 6.31. The zero-order valence-corrected chi connectivity index (χ0v) is 21.2. The third kappa shape index (κ3) is 4.27. The minimum atomic E-state index is -2.69. The minimum absolute atomic E-state index is 0.0272. The molecule has 0 spiro atoms. The fraction of sp³-hybridized carbons (Fsp3) is 0.538. The summed E-state index contributed by atoms with van der Waals surface area (Å²) in [7, 11) is 3.53. The molecule has 0 aromatic heterocycles. The molecule has 12 heteroatoms. The summed E-state index contributed by atoms with van der Waals surface area (Å²) in [4.78, 5) is 77.2. The highest BCUT2D eigenvalue weighted by Crippen LogP contribution is 2.51. The number of nitrogens with one attached hydrogen (secondary N) is 1. The van der Waals surface area contributed by atoms with E-state index in [2.05, 4.69) is 5.32 Å². The molecule has 1 aromatic rings. The molecule has 3 aliphatic carbocycles. The van der Waals surface area contributed by atoms with Crippen molar-refractivity contribution >= 4 is 40.7 Å². The molecule has 4 rings (SSSR count). The normalized spacial score (nSPS) is 28.4. The van der Waals surface area contributed by atoms with Crippen molar-refractivity contribution in [3.63, 3.8) is 0 Å². The second-order valence-corrected chi connectivity index (χ2v) is 10.6. The number of rotatable bonds is 8. The number of hydrogen-bond acceptors (Lipinski definition) is 10. The summed E-state index contributed by atoms with van der Waals surface area (Å²) >= 11 is 0. The van der Waals surface area contributed by atoms with Gasteiger partial charge in [0, 0.05) is 50.7 Å². The number of carbonyl (C=O) groups excluding carboxylic acids is 5. The summed E-state index contributed by atoms with van der Waals surface area (Å²) < 4.78 is 0. The average molecular weight is 530 g/mol. The molecule has 38 heavy (non-hydrogen) atoms. The summed E-state index contributed by atoms with van der Waals surface area (Å²) in [6.45, 7) is 0.481. The highest BCUT2D eigenvalue weighted by Gasteiger charge is 2.66. The molecular formula is C26H31N3O9. The van der Waals surface area contributed by atoms with Gasteiger partial charge < -0.3 is 31.3 Å². The molecule has 2 saturated carbocycles. The Hall–Kier alpha value is -3.64. The van der Waals surface area contributed by atoms with Crippen LogP contribution in [-0.2, 0) is 36.9 Å². The first-order valence-electron chi connectivity index (χ1n) is 12.4. The van der Waals surface area contributed by atoms with Gasteiger partial charge in [-0.25, -0.2) is 0 Å². The lowest BCUT2D eigenvalue weighted by molar-refractivity contribution is -0.175. The van der Waals surface area contributed by atoms with Gasteiger partial charge in [0.1, 0.15) is 5.75 Å². The van der Waals surface area contributed by atoms with Gasteiger partial charge in [-0.05, 0) is 43.4 Å². The van der Waals surface area contributed by atoms with Gasteiger partial charge in [0.15, 0.2) is 34.7 Å². The molecule has 2 fully saturated rings. The maximum Gasteiger partial charge on any atom is 0.303 e. The molecule has 3 aliphatic rings. The fourth-order valence-corrected chi connectivity index (χ4v) is 6.19. The summed E-state index contributed by atoms with van der Waals surface area (Å²) in [5, 5.41) is 34.3. The number of carboxylic acids is 1. The number of Topliss-reactive ketones (excluding diaryl/α,β-unsaturated/α-hetero) is 4. The van der Waals surface area contributed by atoms with E-state index in [1.165, 1.54) is 0 Å². The number of benzene rings is 1. The first-order valence-corrected chi connectivity index (χ1v) is 12.4. The number of fused-ring (bicyclic) bond motifs is 3. The van der Waals surface area contributed by atoms with E-state index in [0.717, 1.165) is 0 Å². The number of carboxylic acid groups (broad SMARTS) is 1. The van der Waals surface area contributed by atoms with Crippen LogP contribution in [0.2, 0.25) is 0 Å². The number of anilines is 1. The van der Waals surface area contributed by atoms with Gasteiger partial charge in [-0.15, -0.1) is 0 Å². The van der Waals surface area contributed by atoms with Crippen LogP contribution in [0.25, 0.3) is 0 Å². The number of hydrogen-bond donors (Lipinski definition) is 5. The minimum Gasteiger partial charge on any atom is -0.507 e. The van der Waals surface area contributed by atoms with E-state index in [1.54, 1.807) is 25.1 Å². The standard InChI is InChI=1S/C26H31N3O9/c1-29(2)15-8-12(10-28-5-3-4-17(31)32)21(33)19-14(15)7-11-6-13-9-16(30)20(25(27)37)24(36)26(13,38)23(35)18(11)22(19)34/h8,11,13,18,20,28,33,38H,3-7,9-10H2,1-2H3,(H2,27,37)(H,31,32)/t11-,13+,18?,20?,26+/m1/s1. The van der Waals surface area contributed by atoms with Crippen LogP contribution < -0.4 is 16.0 Å². The van der Waals surface area contributed by atoms with Gasteiger partial charge in [-0.2, -0.15) is 0 Å². The molecule has 0 radical (unpaired) electrons. The first kappa shape index (κ1) is 27.4. The third-order valence-electron chi connectivity index (χ3n) is 8.00. The summed E-state index contributed by atoms with van der Waals surface area (Å²) in [6.07, 6.45) is 0.173. The Balaban J connectivity index is 1.71. The fourth-order valence-electron chi connectivity index (χ4n) is 6.19. The summed E-state index contributed by atoms with van der Waals surface area (Å²) in [6, 6.07) is 1.72. The number of ketones is 4. The number of aromatic hydroxyl groups is 1. The van der Waals surface area contributed by atoms with Crippen molar-refractivity contribution in [3.8, 4) is 5.75 Å². The first-order chi connectivity index (χ1) is 17.8. The number of aliphatic carboxylic acids is 1. The van der Waals surface area contributed by atoms with Crippen molar-refractivity contribution in [3.05, 3.63) is 22.8 Å². The number of nitrogens with two attached hydrogens (primary N) is 1. The summed E-state index contributed by atoms with van der Waals surface area (Å²) in [5.41, 5.74) is 3.98. The van der Waals surface area contributed by atoms with E-state index in [4.69, 9.17) is 10.8 Å². The van der Waals surface area contributed by atoms with Gasteiger partial charge in [-0.1, -0.05) is 0 Å². The van der Waals surface area contributed by atoms with Crippen molar-refractivity contribution in [2.45, 2.75) is 44.2 Å². The van der Waals surface area contributed by atoms with E-state index in [9.17, 15) is 39.0 Å². The highest BCUT2D eigenvalue weighted by atomic mass is 16.4. The predicted octanol–water partition coefficient (Wildman–Crippen LogP) is -0.653. The average Bonchev–Trinajstić information content (AvgIpc) is 2.81. The van der Waals surface area contributed by atoms with E-state index in [0.29, 0.717) is 29.8 Å². The molecule has 204 valence electrons. The van der Waals surface area contributed by atoms with E-state index in [1.807, 2.05) is 0 Å². The number of phenolic OH excluding ortho intramolecular Hbond substituents is 1. The second kappa shape index (κ2) is 9.91. The lowest BCUT2D eigenvalue weighted by atomic mass is 9.53. The quantitative estimate of drug-likeness (QED) is 0.211. The van der Waals surface area contributed by atoms with Crippen LogP contribution in [0.15, 0.2) is 6.07 Å². The van der Waals surface area contributed by atoms with Crippen molar-refractivity contribution in [2.75, 3.05) is 25.5 Å². The Morgan fingerprint density at radius 1 is 1.16 bits per heavy atom. The molecule has 1 aromatic carbocycles. The van der Waals surface area contributed by atoms with E-state index >= 15 is 0 Å². The largest absolute Gasteiger partial charge is 0.507 e. The maximum atomic E-state index is 13.8.